The van der Waals surface area contributed by atoms with Crippen LogP contribution in [0.15, 0.2) is 66.2 Å². The first kappa shape index (κ1) is 26.4. The number of benzene rings is 3. The van der Waals surface area contributed by atoms with E-state index in [4.69, 9.17) is 9.47 Å². The number of aryl methyl sites for hydroxylation is 1. The maximum Gasteiger partial charge on any atom is 0.301 e. The fourth-order valence-corrected chi connectivity index (χ4v) is 5.62. The van der Waals surface area contributed by atoms with Gasteiger partial charge >= 0.3 is 5.91 Å². The largest absolute Gasteiger partial charge is 0.507 e. The van der Waals surface area contributed by atoms with Crippen molar-refractivity contribution in [3.63, 3.8) is 0 Å². The highest BCUT2D eigenvalue weighted by molar-refractivity contribution is 7.22. The number of aliphatic hydroxyl groups is 1. The number of thiazole rings is 1. The van der Waals surface area contributed by atoms with E-state index < -0.39 is 29.3 Å². The molecule has 1 unspecified atom stereocenters. The number of carbonyl (C=O) groups is 2. The van der Waals surface area contributed by atoms with Gasteiger partial charge < -0.3 is 14.6 Å². The smallest absolute Gasteiger partial charge is 0.301 e. The summed E-state index contributed by atoms with van der Waals surface area (Å²) >= 11 is 1.28. The van der Waals surface area contributed by atoms with Gasteiger partial charge in [0.2, 0.25) is 0 Å². The Bertz CT molecular complexity index is 1590. The Morgan fingerprint density at radius 3 is 2.56 bits per heavy atom. The van der Waals surface area contributed by atoms with E-state index in [9.17, 15) is 19.1 Å². The number of methoxy groups -OCH3 is 1. The molecule has 1 saturated heterocycles. The van der Waals surface area contributed by atoms with Crippen LogP contribution < -0.4 is 14.4 Å². The van der Waals surface area contributed by atoms with Crippen LogP contribution >= 0.6 is 11.3 Å². The second kappa shape index (κ2) is 10.9. The second-order valence-electron chi connectivity index (χ2n) is 9.26. The molecule has 1 aromatic heterocycles. The lowest BCUT2D eigenvalue weighted by Crippen LogP contribution is -2.29. The number of aliphatic hydroxyl groups excluding tert-OH is 1. The van der Waals surface area contributed by atoms with Crippen molar-refractivity contribution in [3.8, 4) is 11.5 Å². The Hall–Kier alpha value is -4.24. The highest BCUT2D eigenvalue weighted by Crippen LogP contribution is 2.46. The number of hydrogen-bond donors (Lipinski definition) is 1. The summed E-state index contributed by atoms with van der Waals surface area (Å²) < 4.78 is 25.9. The first-order valence-corrected chi connectivity index (χ1v) is 13.4. The maximum atomic E-state index is 13.6. The minimum atomic E-state index is -1.00. The third kappa shape index (κ3) is 4.97. The van der Waals surface area contributed by atoms with E-state index in [-0.39, 0.29) is 11.1 Å². The molecule has 0 radical (unpaired) electrons. The number of Topliss-reactive ketones (excluding diaryl/α,β-unsaturated/α-hetero) is 1. The van der Waals surface area contributed by atoms with Gasteiger partial charge in [0.1, 0.15) is 11.6 Å². The third-order valence-corrected chi connectivity index (χ3v) is 7.58. The van der Waals surface area contributed by atoms with Crippen LogP contribution in [0.1, 0.15) is 42.5 Å². The van der Waals surface area contributed by atoms with Gasteiger partial charge in [-0.15, -0.1) is 0 Å². The summed E-state index contributed by atoms with van der Waals surface area (Å²) in [6.07, 6.45) is 1.85. The molecule has 0 aliphatic carbocycles. The molecule has 1 aliphatic heterocycles. The Morgan fingerprint density at radius 1 is 1.08 bits per heavy atom. The number of amides is 1. The number of hydrogen-bond acceptors (Lipinski definition) is 7. The van der Waals surface area contributed by atoms with Crippen LogP contribution in [0.25, 0.3) is 16.0 Å². The Balaban J connectivity index is 1.68. The second-order valence-corrected chi connectivity index (χ2v) is 10.3. The monoisotopic (exact) mass is 546 g/mol. The van der Waals surface area contributed by atoms with E-state index in [0.29, 0.717) is 34.3 Å². The molecule has 0 saturated carbocycles. The van der Waals surface area contributed by atoms with Crippen LogP contribution in [-0.2, 0) is 9.59 Å². The summed E-state index contributed by atoms with van der Waals surface area (Å²) in [4.78, 5) is 32.9. The molecule has 1 fully saturated rings. The van der Waals surface area contributed by atoms with Gasteiger partial charge in [-0.1, -0.05) is 36.8 Å². The highest BCUT2D eigenvalue weighted by Gasteiger charge is 2.48. The molecule has 0 bridgehead atoms. The molecule has 39 heavy (non-hydrogen) atoms. The molecule has 3 aromatic carbocycles. The molecule has 4 aromatic rings. The molecule has 0 spiro atoms. The van der Waals surface area contributed by atoms with Crippen molar-refractivity contribution in [3.05, 3.63) is 88.7 Å². The van der Waals surface area contributed by atoms with Crippen molar-refractivity contribution in [2.24, 2.45) is 0 Å². The lowest BCUT2D eigenvalue weighted by molar-refractivity contribution is -0.132. The minimum Gasteiger partial charge on any atom is -0.507 e. The van der Waals surface area contributed by atoms with Gasteiger partial charge in [0, 0.05) is 5.56 Å². The van der Waals surface area contributed by atoms with Crippen molar-refractivity contribution in [1.29, 1.82) is 0 Å². The van der Waals surface area contributed by atoms with E-state index in [2.05, 4.69) is 11.9 Å². The molecule has 9 heteroatoms. The zero-order chi connectivity index (χ0) is 27.7. The van der Waals surface area contributed by atoms with Crippen LogP contribution in [0.5, 0.6) is 11.5 Å². The normalized spacial score (nSPS) is 16.7. The fourth-order valence-electron chi connectivity index (χ4n) is 4.53. The zero-order valence-corrected chi connectivity index (χ0v) is 22.5. The van der Waals surface area contributed by atoms with E-state index in [0.717, 1.165) is 23.1 Å². The van der Waals surface area contributed by atoms with E-state index in [1.807, 2.05) is 25.1 Å². The SMILES string of the molecule is CCCCOc1ccc(C2C(=C(O)c3ccc(F)cc3)C(=O)C(=O)N2c2nc3ccc(C)cc3s2)cc1OC. The topological polar surface area (TPSA) is 89.0 Å². The van der Waals surface area contributed by atoms with Crippen molar-refractivity contribution < 1.29 is 28.6 Å². The van der Waals surface area contributed by atoms with Gasteiger partial charge in [-0.25, -0.2) is 9.37 Å². The number of ether oxygens (including phenoxy) is 2. The van der Waals surface area contributed by atoms with Gasteiger partial charge in [-0.2, -0.15) is 0 Å². The molecule has 1 atom stereocenters. The number of carbonyl (C=O) groups excluding carboxylic acids is 2. The molecule has 2 heterocycles. The average molecular weight is 547 g/mol. The van der Waals surface area contributed by atoms with Crippen LogP contribution in [0.2, 0.25) is 0 Å². The predicted octanol–water partition coefficient (Wildman–Crippen LogP) is 6.56. The van der Waals surface area contributed by atoms with Crippen LogP contribution in [0.4, 0.5) is 9.52 Å². The first-order valence-electron chi connectivity index (χ1n) is 12.6. The molecule has 5 rings (SSSR count). The number of aromatic nitrogens is 1. The number of rotatable bonds is 8. The highest BCUT2D eigenvalue weighted by atomic mass is 32.1. The lowest BCUT2D eigenvalue weighted by atomic mass is 9.95. The first-order chi connectivity index (χ1) is 18.8. The molecule has 200 valence electrons. The summed E-state index contributed by atoms with van der Waals surface area (Å²) in [5, 5.41) is 11.6. The van der Waals surface area contributed by atoms with Gasteiger partial charge in [-0.3, -0.25) is 14.5 Å². The lowest BCUT2D eigenvalue weighted by Gasteiger charge is -2.24. The van der Waals surface area contributed by atoms with Crippen LogP contribution in [0, 0.1) is 12.7 Å². The van der Waals surface area contributed by atoms with E-state index in [1.165, 1.54) is 47.6 Å². The summed E-state index contributed by atoms with van der Waals surface area (Å²) in [5.74, 6) is -1.62. The number of unbranched alkanes of at least 4 members (excludes halogenated alkanes) is 1. The summed E-state index contributed by atoms with van der Waals surface area (Å²) in [5.41, 5.74) is 2.34. The Labute approximate surface area is 229 Å². The number of ketones is 1. The quantitative estimate of drug-likeness (QED) is 0.117. The number of halogens is 1. The number of fused-ring (bicyclic) bond motifs is 1. The molecule has 1 aliphatic rings. The Morgan fingerprint density at radius 2 is 1.85 bits per heavy atom. The summed E-state index contributed by atoms with van der Waals surface area (Å²) in [6, 6.07) is 15.0. The van der Waals surface area contributed by atoms with Crippen LogP contribution in [-0.4, -0.2) is 35.5 Å². The average Bonchev–Trinajstić information content (AvgIpc) is 3.46. The molecule has 1 N–H and O–H groups in total. The third-order valence-electron chi connectivity index (χ3n) is 6.56. The molecular weight excluding hydrogens is 519 g/mol. The van der Waals surface area contributed by atoms with E-state index in [1.54, 1.807) is 18.2 Å². The van der Waals surface area contributed by atoms with Gasteiger partial charge in [0.15, 0.2) is 16.6 Å². The maximum absolute atomic E-state index is 13.6. The molecular formula is C30H27FN2O5S. The minimum absolute atomic E-state index is 0.122. The van der Waals surface area contributed by atoms with Crippen molar-refractivity contribution in [1.82, 2.24) is 4.98 Å². The van der Waals surface area contributed by atoms with E-state index >= 15 is 0 Å². The van der Waals surface area contributed by atoms with Gasteiger partial charge in [0.25, 0.3) is 5.78 Å². The predicted molar refractivity (Wildman–Crippen MR) is 149 cm³/mol. The summed E-state index contributed by atoms with van der Waals surface area (Å²) in [7, 11) is 1.51. The van der Waals surface area contributed by atoms with Gasteiger partial charge in [-0.05, 0) is 73.0 Å². The Kier molecular flexibility index (Phi) is 7.34. The van der Waals surface area contributed by atoms with Crippen molar-refractivity contribution >= 4 is 44.1 Å². The van der Waals surface area contributed by atoms with Crippen molar-refractivity contribution in [2.75, 3.05) is 18.6 Å². The number of anilines is 1. The fraction of sp³-hybridized carbons (Fsp3) is 0.233. The van der Waals surface area contributed by atoms with Gasteiger partial charge in [0.05, 0.1) is 35.5 Å². The molecule has 7 nitrogen and oxygen atoms in total. The number of nitrogens with zero attached hydrogens (tertiary/aromatic N) is 2. The van der Waals surface area contributed by atoms with Crippen molar-refractivity contribution in [2.45, 2.75) is 32.7 Å². The zero-order valence-electron chi connectivity index (χ0n) is 21.7. The standard InChI is InChI=1S/C30H27FN2O5S/c1-4-5-14-38-22-13-9-19(16-23(22)37-3)26-25(27(34)18-7-10-20(31)11-8-18)28(35)29(36)33(26)30-32-21-12-6-17(2)15-24(21)39-30/h6-13,15-16,26,34H,4-5,14H2,1-3H3. The summed E-state index contributed by atoms with van der Waals surface area (Å²) in [6.45, 7) is 4.54. The molecule has 1 amide bonds. The van der Waals surface area contributed by atoms with Crippen LogP contribution in [0.3, 0.4) is 0 Å².